The van der Waals surface area contributed by atoms with Crippen LogP contribution >= 0.6 is 15.9 Å². The van der Waals surface area contributed by atoms with Gasteiger partial charge >= 0.3 is 0 Å². The van der Waals surface area contributed by atoms with Crippen molar-refractivity contribution in [3.8, 4) is 11.1 Å². The van der Waals surface area contributed by atoms with Crippen LogP contribution in [0.1, 0.15) is 11.1 Å². The molecule has 0 saturated heterocycles. The van der Waals surface area contributed by atoms with E-state index in [1.165, 1.54) is 22.3 Å². The van der Waals surface area contributed by atoms with Gasteiger partial charge in [-0.15, -0.1) is 0 Å². The predicted molar refractivity (Wildman–Crippen MR) is 88.8 cm³/mol. The van der Waals surface area contributed by atoms with Gasteiger partial charge in [-0.3, -0.25) is 0 Å². The van der Waals surface area contributed by atoms with Crippen molar-refractivity contribution >= 4 is 15.9 Å². The van der Waals surface area contributed by atoms with Crippen molar-refractivity contribution < 1.29 is 0 Å². The molecule has 1 heteroatoms. The molecule has 0 nitrogen and oxygen atoms in total. The summed E-state index contributed by atoms with van der Waals surface area (Å²) >= 11 is 3.53. The molecule has 0 spiro atoms. The lowest BCUT2D eigenvalue weighted by atomic mass is 9.99. The van der Waals surface area contributed by atoms with E-state index in [1.54, 1.807) is 0 Å². The van der Waals surface area contributed by atoms with Crippen molar-refractivity contribution in [1.29, 1.82) is 0 Å². The lowest BCUT2D eigenvalue weighted by Gasteiger charge is -2.06. The van der Waals surface area contributed by atoms with Crippen molar-refractivity contribution in [3.05, 3.63) is 94.5 Å². The van der Waals surface area contributed by atoms with E-state index in [1.807, 2.05) is 0 Å². The Kier molecular flexibility index (Phi) is 3.98. The average molecular weight is 323 g/mol. The zero-order valence-corrected chi connectivity index (χ0v) is 12.7. The molecule has 0 aromatic heterocycles. The largest absolute Gasteiger partial charge is 0.0622 e. The second-order valence-corrected chi connectivity index (χ2v) is 5.79. The molecule has 0 N–H and O–H groups in total. The van der Waals surface area contributed by atoms with E-state index in [0.717, 1.165) is 10.9 Å². The molecule has 0 amide bonds. The fraction of sp³-hybridized carbons (Fsp3) is 0.0526. The van der Waals surface area contributed by atoms with Gasteiger partial charge in [0.1, 0.15) is 0 Å². The van der Waals surface area contributed by atoms with Crippen LogP contribution in [-0.4, -0.2) is 0 Å². The molecule has 0 radical (unpaired) electrons. The van der Waals surface area contributed by atoms with E-state index in [9.17, 15) is 0 Å². The van der Waals surface area contributed by atoms with E-state index < -0.39 is 0 Å². The highest BCUT2D eigenvalue weighted by atomic mass is 79.9. The molecular formula is C19H15Br. The summed E-state index contributed by atoms with van der Waals surface area (Å²) in [6.07, 6.45) is 0.975. The Morgan fingerprint density at radius 1 is 0.600 bits per heavy atom. The second kappa shape index (κ2) is 6.06. The van der Waals surface area contributed by atoms with Crippen LogP contribution in [0.5, 0.6) is 0 Å². The zero-order valence-electron chi connectivity index (χ0n) is 11.1. The second-order valence-electron chi connectivity index (χ2n) is 4.87. The highest BCUT2D eigenvalue weighted by Crippen LogP contribution is 2.24. The molecule has 0 heterocycles. The molecule has 0 aliphatic carbocycles. The Bertz CT molecular complexity index is 702. The summed E-state index contributed by atoms with van der Waals surface area (Å²) < 4.78 is 1.11. The first-order chi connectivity index (χ1) is 9.81. The predicted octanol–water partition coefficient (Wildman–Crippen LogP) is 5.71. The van der Waals surface area contributed by atoms with Gasteiger partial charge in [-0.25, -0.2) is 0 Å². The zero-order chi connectivity index (χ0) is 13.8. The number of halogens is 1. The highest BCUT2D eigenvalue weighted by molar-refractivity contribution is 9.10. The Morgan fingerprint density at radius 2 is 1.25 bits per heavy atom. The molecule has 0 fully saturated rings. The molecular weight excluding hydrogens is 308 g/mol. The van der Waals surface area contributed by atoms with Crippen LogP contribution < -0.4 is 0 Å². The Morgan fingerprint density at radius 3 is 2.00 bits per heavy atom. The van der Waals surface area contributed by atoms with E-state index in [-0.39, 0.29) is 0 Å². The average Bonchev–Trinajstić information content (AvgIpc) is 2.49. The smallest absolute Gasteiger partial charge is 0.0181 e. The van der Waals surface area contributed by atoms with Crippen LogP contribution in [0.2, 0.25) is 0 Å². The first-order valence-corrected chi connectivity index (χ1v) is 7.49. The van der Waals surface area contributed by atoms with Crippen LogP contribution in [0.25, 0.3) is 11.1 Å². The van der Waals surface area contributed by atoms with Gasteiger partial charge in [-0.05, 0) is 40.8 Å². The molecule has 0 saturated carbocycles. The maximum atomic E-state index is 3.53. The molecule has 3 aromatic rings. The maximum Gasteiger partial charge on any atom is 0.0181 e. The van der Waals surface area contributed by atoms with Crippen molar-refractivity contribution in [3.63, 3.8) is 0 Å². The van der Waals surface area contributed by atoms with Crippen LogP contribution in [-0.2, 0) is 6.42 Å². The van der Waals surface area contributed by atoms with Gasteiger partial charge in [0.25, 0.3) is 0 Å². The van der Waals surface area contributed by atoms with Gasteiger partial charge in [0, 0.05) is 4.47 Å². The molecule has 0 aliphatic heterocycles. The SMILES string of the molecule is Brc1cccc(-c2cccc(Cc3ccccc3)c2)c1. The van der Waals surface area contributed by atoms with Gasteiger partial charge in [0.05, 0.1) is 0 Å². The molecule has 3 rings (SSSR count). The van der Waals surface area contributed by atoms with Crippen molar-refractivity contribution in [2.45, 2.75) is 6.42 Å². The van der Waals surface area contributed by atoms with Crippen molar-refractivity contribution in [1.82, 2.24) is 0 Å². The van der Waals surface area contributed by atoms with Crippen LogP contribution in [0.3, 0.4) is 0 Å². The highest BCUT2D eigenvalue weighted by Gasteiger charge is 2.01. The standard InChI is InChI=1S/C19H15Br/c20-19-11-5-10-18(14-19)17-9-4-8-16(13-17)12-15-6-2-1-3-7-15/h1-11,13-14H,12H2. The topological polar surface area (TPSA) is 0 Å². The maximum absolute atomic E-state index is 3.53. The van der Waals surface area contributed by atoms with Crippen LogP contribution in [0.4, 0.5) is 0 Å². The molecule has 0 aliphatic rings. The van der Waals surface area contributed by atoms with Gasteiger partial charge in [-0.2, -0.15) is 0 Å². The summed E-state index contributed by atoms with van der Waals surface area (Å²) in [7, 11) is 0. The van der Waals surface area contributed by atoms with E-state index in [0.29, 0.717) is 0 Å². The normalized spacial score (nSPS) is 10.4. The third kappa shape index (κ3) is 3.17. The molecule has 0 unspecified atom stereocenters. The first kappa shape index (κ1) is 13.1. The number of benzene rings is 3. The molecule has 98 valence electrons. The number of rotatable bonds is 3. The van der Waals surface area contributed by atoms with Gasteiger partial charge < -0.3 is 0 Å². The Hall–Kier alpha value is -1.86. The molecule has 3 aromatic carbocycles. The molecule has 0 bridgehead atoms. The van der Waals surface area contributed by atoms with Crippen molar-refractivity contribution in [2.24, 2.45) is 0 Å². The first-order valence-electron chi connectivity index (χ1n) is 6.70. The third-order valence-electron chi connectivity index (χ3n) is 3.34. The van der Waals surface area contributed by atoms with Crippen LogP contribution in [0, 0.1) is 0 Å². The van der Waals surface area contributed by atoms with E-state index in [4.69, 9.17) is 0 Å². The van der Waals surface area contributed by atoms with Crippen LogP contribution in [0.15, 0.2) is 83.3 Å². The minimum Gasteiger partial charge on any atom is -0.0622 e. The summed E-state index contributed by atoms with van der Waals surface area (Å²) in [5.41, 5.74) is 5.20. The molecule has 20 heavy (non-hydrogen) atoms. The fourth-order valence-corrected chi connectivity index (χ4v) is 2.76. The van der Waals surface area contributed by atoms with Gasteiger partial charge in [0.2, 0.25) is 0 Å². The number of hydrogen-bond donors (Lipinski definition) is 0. The molecule has 0 atom stereocenters. The summed E-state index contributed by atoms with van der Waals surface area (Å²) in [6, 6.07) is 27.8. The van der Waals surface area contributed by atoms with Gasteiger partial charge in [0.15, 0.2) is 0 Å². The summed E-state index contributed by atoms with van der Waals surface area (Å²) in [4.78, 5) is 0. The Labute approximate surface area is 128 Å². The summed E-state index contributed by atoms with van der Waals surface area (Å²) in [6.45, 7) is 0. The lowest BCUT2D eigenvalue weighted by molar-refractivity contribution is 1.19. The quantitative estimate of drug-likeness (QED) is 0.579. The van der Waals surface area contributed by atoms with Gasteiger partial charge in [-0.1, -0.05) is 82.7 Å². The minimum atomic E-state index is 0.975. The Balaban J connectivity index is 1.90. The fourth-order valence-electron chi connectivity index (χ4n) is 2.36. The lowest BCUT2D eigenvalue weighted by Crippen LogP contribution is -1.88. The summed E-state index contributed by atoms with van der Waals surface area (Å²) in [5.74, 6) is 0. The number of hydrogen-bond acceptors (Lipinski definition) is 0. The van der Waals surface area contributed by atoms with E-state index in [2.05, 4.69) is 94.8 Å². The third-order valence-corrected chi connectivity index (χ3v) is 3.83. The van der Waals surface area contributed by atoms with Crippen molar-refractivity contribution in [2.75, 3.05) is 0 Å². The minimum absolute atomic E-state index is 0.975. The summed E-state index contributed by atoms with van der Waals surface area (Å²) in [5, 5.41) is 0. The monoisotopic (exact) mass is 322 g/mol. The van der Waals surface area contributed by atoms with E-state index >= 15 is 0 Å².